The van der Waals surface area contributed by atoms with Crippen LogP contribution in [0.15, 0.2) is 18.2 Å². The Morgan fingerprint density at radius 1 is 1.43 bits per heavy atom. The Kier molecular flexibility index (Phi) is 3.73. The lowest BCUT2D eigenvalue weighted by atomic mass is 9.83. The molecule has 0 spiro atoms. The molecule has 1 aliphatic rings. The van der Waals surface area contributed by atoms with Crippen LogP contribution in [-0.4, -0.2) is 9.78 Å². The Hall–Kier alpha value is -1.79. The summed E-state index contributed by atoms with van der Waals surface area (Å²) in [4.78, 5) is 0. The summed E-state index contributed by atoms with van der Waals surface area (Å²) in [6.45, 7) is 4.07. The Morgan fingerprint density at radius 2 is 2.24 bits per heavy atom. The highest BCUT2D eigenvalue weighted by atomic mass is 35.5. The van der Waals surface area contributed by atoms with Gasteiger partial charge in [-0.15, -0.1) is 0 Å². The maximum Gasteiger partial charge on any atom is 0.0693 e. The average Bonchev–Trinajstić information content (AvgIpc) is 2.81. The van der Waals surface area contributed by atoms with Crippen molar-refractivity contribution in [3.05, 3.63) is 45.7 Å². The smallest absolute Gasteiger partial charge is 0.0693 e. The molecule has 0 saturated carbocycles. The molecule has 2 aromatic rings. The van der Waals surface area contributed by atoms with Crippen LogP contribution in [0.4, 0.5) is 0 Å². The van der Waals surface area contributed by atoms with Gasteiger partial charge in [0.2, 0.25) is 0 Å². The van der Waals surface area contributed by atoms with E-state index in [0.29, 0.717) is 12.3 Å². The number of nitrogens with zero attached hydrogens (tertiary/aromatic N) is 3. The first kappa shape index (κ1) is 14.2. The van der Waals surface area contributed by atoms with Gasteiger partial charge < -0.3 is 0 Å². The number of hydrogen-bond donors (Lipinski definition) is 0. The second-order valence-corrected chi connectivity index (χ2v) is 6.10. The molecule has 1 atom stereocenters. The minimum atomic E-state index is 0.326. The van der Waals surface area contributed by atoms with E-state index in [1.165, 1.54) is 11.3 Å². The molecule has 4 heteroatoms. The molecular weight excluding hydrogens is 282 g/mol. The molecule has 0 bridgehead atoms. The third-order valence-electron chi connectivity index (χ3n) is 4.39. The monoisotopic (exact) mass is 299 g/mol. The summed E-state index contributed by atoms with van der Waals surface area (Å²) >= 11 is 6.25. The van der Waals surface area contributed by atoms with Crippen LogP contribution >= 0.6 is 11.6 Å². The summed E-state index contributed by atoms with van der Waals surface area (Å²) in [7, 11) is 0. The zero-order chi connectivity index (χ0) is 15.0. The quantitative estimate of drug-likeness (QED) is 0.820. The highest BCUT2D eigenvalue weighted by Gasteiger charge is 2.27. The first-order valence-electron chi connectivity index (χ1n) is 7.34. The van der Waals surface area contributed by atoms with E-state index in [2.05, 4.69) is 12.1 Å². The maximum atomic E-state index is 9.04. The molecule has 0 N–H and O–H groups in total. The minimum absolute atomic E-state index is 0.326. The van der Waals surface area contributed by atoms with Crippen LogP contribution in [0.2, 0.25) is 5.02 Å². The van der Waals surface area contributed by atoms with Crippen LogP contribution in [0, 0.1) is 25.2 Å². The molecule has 1 heterocycles. The van der Waals surface area contributed by atoms with Crippen LogP contribution in [0.3, 0.4) is 0 Å². The van der Waals surface area contributed by atoms with Gasteiger partial charge in [0.1, 0.15) is 0 Å². The van der Waals surface area contributed by atoms with Gasteiger partial charge in [0.15, 0.2) is 0 Å². The number of aryl methyl sites for hydroxylation is 1. The molecule has 1 aromatic carbocycles. The lowest BCUT2D eigenvalue weighted by Crippen LogP contribution is -2.12. The first-order valence-corrected chi connectivity index (χ1v) is 7.72. The van der Waals surface area contributed by atoms with Crippen molar-refractivity contribution in [1.82, 2.24) is 9.78 Å². The van der Waals surface area contributed by atoms with Gasteiger partial charge in [-0.05, 0) is 50.8 Å². The fraction of sp³-hybridized carbons (Fsp3) is 0.412. The lowest BCUT2D eigenvalue weighted by Gasteiger charge is -2.22. The number of aromatic nitrogens is 2. The van der Waals surface area contributed by atoms with Gasteiger partial charge in [0, 0.05) is 28.6 Å². The number of rotatable bonds is 2. The Labute approximate surface area is 130 Å². The van der Waals surface area contributed by atoms with Crippen molar-refractivity contribution >= 4 is 11.6 Å². The van der Waals surface area contributed by atoms with E-state index < -0.39 is 0 Å². The molecule has 0 aliphatic heterocycles. The number of hydrogen-bond acceptors (Lipinski definition) is 2. The van der Waals surface area contributed by atoms with Crippen molar-refractivity contribution in [3.63, 3.8) is 0 Å². The third kappa shape index (κ3) is 2.34. The van der Waals surface area contributed by atoms with E-state index in [4.69, 9.17) is 22.0 Å². The molecule has 1 aromatic heterocycles. The highest BCUT2D eigenvalue weighted by Crippen LogP contribution is 2.37. The summed E-state index contributed by atoms with van der Waals surface area (Å²) in [6.07, 6.45) is 3.80. The van der Waals surface area contributed by atoms with Gasteiger partial charge in [0.25, 0.3) is 0 Å². The average molecular weight is 300 g/mol. The fourth-order valence-electron chi connectivity index (χ4n) is 3.36. The Balaban J connectivity index is 2.16. The predicted molar refractivity (Wildman–Crippen MR) is 84.0 cm³/mol. The Bertz CT molecular complexity index is 724. The third-order valence-corrected chi connectivity index (χ3v) is 4.80. The van der Waals surface area contributed by atoms with Crippen LogP contribution in [0.25, 0.3) is 5.69 Å². The topological polar surface area (TPSA) is 41.6 Å². The predicted octanol–water partition coefficient (Wildman–Crippen LogP) is 4.48. The highest BCUT2D eigenvalue weighted by molar-refractivity contribution is 6.31. The van der Waals surface area contributed by atoms with Gasteiger partial charge in [0.05, 0.1) is 17.5 Å². The number of nitriles is 1. The normalized spacial score (nSPS) is 17.3. The molecule has 0 saturated heterocycles. The van der Waals surface area contributed by atoms with Gasteiger partial charge in [-0.25, -0.2) is 4.68 Å². The lowest BCUT2D eigenvalue weighted by molar-refractivity contribution is 0.549. The van der Waals surface area contributed by atoms with E-state index >= 15 is 0 Å². The van der Waals surface area contributed by atoms with Crippen molar-refractivity contribution in [3.8, 4) is 11.8 Å². The van der Waals surface area contributed by atoms with E-state index in [9.17, 15) is 0 Å². The van der Waals surface area contributed by atoms with Gasteiger partial charge >= 0.3 is 0 Å². The number of halogens is 1. The molecule has 0 fully saturated rings. The molecular formula is C17H18ClN3. The molecule has 1 unspecified atom stereocenters. The zero-order valence-electron chi connectivity index (χ0n) is 12.4. The molecule has 108 valence electrons. The summed E-state index contributed by atoms with van der Waals surface area (Å²) in [6, 6.07) is 8.24. The number of benzene rings is 1. The maximum absolute atomic E-state index is 9.04. The summed E-state index contributed by atoms with van der Waals surface area (Å²) < 4.78 is 2.04. The zero-order valence-corrected chi connectivity index (χ0v) is 13.1. The molecule has 3 nitrogen and oxygen atoms in total. The minimum Gasteiger partial charge on any atom is -0.237 e. The SMILES string of the molecule is Cc1nn(-c2cccc(Cl)c2C)c2c1C(CC#N)CCC2. The van der Waals surface area contributed by atoms with Crippen LogP contribution in [0.5, 0.6) is 0 Å². The second-order valence-electron chi connectivity index (χ2n) is 5.69. The summed E-state index contributed by atoms with van der Waals surface area (Å²) in [5.41, 5.74) is 5.67. The van der Waals surface area contributed by atoms with Crippen LogP contribution < -0.4 is 0 Å². The van der Waals surface area contributed by atoms with Crippen LogP contribution in [0.1, 0.15) is 47.7 Å². The number of fused-ring (bicyclic) bond motifs is 1. The molecule has 1 aliphatic carbocycles. The van der Waals surface area contributed by atoms with E-state index in [1.54, 1.807) is 0 Å². The molecule has 0 amide bonds. The molecule has 21 heavy (non-hydrogen) atoms. The fourth-order valence-corrected chi connectivity index (χ4v) is 3.53. The van der Waals surface area contributed by atoms with Crippen molar-refractivity contribution in [2.75, 3.05) is 0 Å². The molecule has 3 rings (SSSR count). The van der Waals surface area contributed by atoms with Crippen molar-refractivity contribution in [2.45, 2.75) is 45.4 Å². The summed E-state index contributed by atoms with van der Waals surface area (Å²) in [5.74, 6) is 0.326. The van der Waals surface area contributed by atoms with Crippen molar-refractivity contribution in [2.24, 2.45) is 0 Å². The summed E-state index contributed by atoms with van der Waals surface area (Å²) in [5, 5.41) is 14.6. The first-order chi connectivity index (χ1) is 10.1. The second kappa shape index (κ2) is 5.54. The largest absolute Gasteiger partial charge is 0.237 e. The van der Waals surface area contributed by atoms with Gasteiger partial charge in [-0.2, -0.15) is 10.4 Å². The van der Waals surface area contributed by atoms with Crippen molar-refractivity contribution < 1.29 is 0 Å². The molecule has 0 radical (unpaired) electrons. The van der Waals surface area contributed by atoms with E-state index in [0.717, 1.165) is 41.2 Å². The van der Waals surface area contributed by atoms with E-state index in [1.807, 2.05) is 30.7 Å². The van der Waals surface area contributed by atoms with Crippen LogP contribution in [-0.2, 0) is 6.42 Å². The van der Waals surface area contributed by atoms with E-state index in [-0.39, 0.29) is 0 Å². The van der Waals surface area contributed by atoms with Crippen molar-refractivity contribution in [1.29, 1.82) is 5.26 Å². The van der Waals surface area contributed by atoms with Gasteiger partial charge in [-0.1, -0.05) is 17.7 Å². The Morgan fingerprint density at radius 3 is 3.00 bits per heavy atom. The van der Waals surface area contributed by atoms with Gasteiger partial charge in [-0.3, -0.25) is 0 Å². The standard InChI is InChI=1S/C17H18ClN3/c1-11-14(18)6-4-7-15(11)21-16-8-3-5-13(9-10-19)17(16)12(2)20-21/h4,6-7,13H,3,5,8-9H2,1-2H3.